The second-order valence-corrected chi connectivity index (χ2v) is 5.33. The highest BCUT2D eigenvalue weighted by atomic mass is 127. The van der Waals surface area contributed by atoms with Crippen molar-refractivity contribution < 1.29 is 19.6 Å². The van der Waals surface area contributed by atoms with Crippen LogP contribution in [0.15, 0.2) is 30.5 Å². The highest BCUT2D eigenvalue weighted by Crippen LogP contribution is 2.33. The maximum Gasteiger partial charge on any atom is 0.339 e. The number of benzene rings is 1. The fourth-order valence-electron chi connectivity index (χ4n) is 1.68. The summed E-state index contributed by atoms with van der Waals surface area (Å²) >= 11 is 1.97. The molecule has 0 fully saturated rings. The summed E-state index contributed by atoms with van der Waals surface area (Å²) in [6.07, 6.45) is 1.37. The number of aromatic nitrogens is 1. The first-order valence-electron chi connectivity index (χ1n) is 5.71. The molecule has 21 heavy (non-hydrogen) atoms. The number of hydrogen-bond donors (Lipinski definition) is 1. The van der Waals surface area contributed by atoms with Crippen molar-refractivity contribution in [2.24, 2.45) is 0 Å². The zero-order chi connectivity index (χ0) is 15.6. The molecule has 0 spiro atoms. The van der Waals surface area contributed by atoms with Gasteiger partial charge in [0.2, 0.25) is 0 Å². The molecule has 2 aromatic rings. The predicted molar refractivity (Wildman–Crippen MR) is 81.8 cm³/mol. The number of carboxylic acids is 1. The van der Waals surface area contributed by atoms with Crippen LogP contribution in [0, 0.1) is 20.6 Å². The van der Waals surface area contributed by atoms with Gasteiger partial charge in [0, 0.05) is 15.3 Å². The summed E-state index contributed by atoms with van der Waals surface area (Å²) in [6.45, 7) is 1.55. The van der Waals surface area contributed by atoms with Gasteiger partial charge >= 0.3 is 11.7 Å². The Labute approximate surface area is 132 Å². The Hall–Kier alpha value is -2.23. The van der Waals surface area contributed by atoms with Crippen LogP contribution in [-0.2, 0) is 0 Å². The Morgan fingerprint density at radius 1 is 1.43 bits per heavy atom. The fraction of sp³-hybridized carbons (Fsp3) is 0.0769. The third-order valence-electron chi connectivity index (χ3n) is 2.65. The Morgan fingerprint density at radius 2 is 2.14 bits per heavy atom. The maximum absolute atomic E-state index is 11.2. The second kappa shape index (κ2) is 6.04. The SMILES string of the molecule is Cc1ccnc(Oc2ccc(I)cc2C(=O)O)c1[N+](=O)[O-]. The molecular weight excluding hydrogens is 391 g/mol. The number of carboxylic acid groups (broad SMARTS) is 1. The van der Waals surface area contributed by atoms with Gasteiger partial charge in [0.1, 0.15) is 11.3 Å². The number of halogens is 1. The zero-order valence-electron chi connectivity index (χ0n) is 10.7. The first kappa shape index (κ1) is 15.2. The summed E-state index contributed by atoms with van der Waals surface area (Å²) in [5.41, 5.74) is 0.0132. The third-order valence-corrected chi connectivity index (χ3v) is 3.32. The predicted octanol–water partition coefficient (Wildman–Crippen LogP) is 3.39. The van der Waals surface area contributed by atoms with E-state index >= 15 is 0 Å². The van der Waals surface area contributed by atoms with E-state index in [4.69, 9.17) is 9.84 Å². The number of nitro groups is 1. The number of aromatic carboxylic acids is 1. The molecule has 0 amide bonds. The van der Waals surface area contributed by atoms with Crippen LogP contribution in [0.4, 0.5) is 5.69 Å². The van der Waals surface area contributed by atoms with E-state index in [1.807, 2.05) is 22.6 Å². The van der Waals surface area contributed by atoms with Crippen LogP contribution in [-0.4, -0.2) is 21.0 Å². The van der Waals surface area contributed by atoms with Crippen molar-refractivity contribution in [2.45, 2.75) is 6.92 Å². The first-order valence-corrected chi connectivity index (χ1v) is 6.78. The lowest BCUT2D eigenvalue weighted by Crippen LogP contribution is -2.03. The second-order valence-electron chi connectivity index (χ2n) is 4.09. The molecule has 0 atom stereocenters. The van der Waals surface area contributed by atoms with Crippen LogP contribution >= 0.6 is 22.6 Å². The van der Waals surface area contributed by atoms with E-state index in [1.54, 1.807) is 13.0 Å². The smallest absolute Gasteiger partial charge is 0.339 e. The van der Waals surface area contributed by atoms with Crippen molar-refractivity contribution in [1.29, 1.82) is 0 Å². The minimum Gasteiger partial charge on any atom is -0.478 e. The number of rotatable bonds is 4. The normalized spacial score (nSPS) is 10.2. The standard InChI is InChI=1S/C13H9IN2O5/c1-7-4-5-15-12(11(7)16(19)20)21-10-3-2-8(14)6-9(10)13(17)18/h2-6H,1H3,(H,17,18). The molecule has 2 rings (SSSR count). The van der Waals surface area contributed by atoms with Crippen molar-refractivity contribution in [1.82, 2.24) is 4.98 Å². The molecule has 0 saturated heterocycles. The summed E-state index contributed by atoms with van der Waals surface area (Å²) in [4.78, 5) is 25.5. The van der Waals surface area contributed by atoms with E-state index in [-0.39, 0.29) is 22.9 Å². The average Bonchev–Trinajstić information content (AvgIpc) is 2.40. The fourth-order valence-corrected chi connectivity index (χ4v) is 2.18. The van der Waals surface area contributed by atoms with Crippen LogP contribution in [0.3, 0.4) is 0 Å². The zero-order valence-corrected chi connectivity index (χ0v) is 12.9. The minimum atomic E-state index is -1.18. The van der Waals surface area contributed by atoms with Crippen LogP contribution in [0.5, 0.6) is 11.6 Å². The molecule has 0 radical (unpaired) electrons. The van der Waals surface area contributed by atoms with Gasteiger partial charge in [-0.05, 0) is 53.8 Å². The highest BCUT2D eigenvalue weighted by Gasteiger charge is 2.22. The quantitative estimate of drug-likeness (QED) is 0.480. The Kier molecular flexibility index (Phi) is 4.36. The number of pyridine rings is 1. The van der Waals surface area contributed by atoms with Crippen LogP contribution in [0.1, 0.15) is 15.9 Å². The van der Waals surface area contributed by atoms with E-state index in [0.717, 1.165) is 0 Å². The van der Waals surface area contributed by atoms with Crippen molar-refractivity contribution in [3.05, 3.63) is 55.3 Å². The van der Waals surface area contributed by atoms with Gasteiger partial charge < -0.3 is 9.84 Å². The molecule has 0 bridgehead atoms. The molecule has 1 aromatic heterocycles. The first-order chi connectivity index (χ1) is 9.90. The number of ether oxygens (including phenoxy) is 1. The number of nitrogens with zero attached hydrogens (tertiary/aromatic N) is 2. The Morgan fingerprint density at radius 3 is 2.76 bits per heavy atom. The minimum absolute atomic E-state index is 0.00381. The molecule has 7 nitrogen and oxygen atoms in total. The lowest BCUT2D eigenvalue weighted by Gasteiger charge is -2.09. The lowest BCUT2D eigenvalue weighted by molar-refractivity contribution is -0.386. The van der Waals surface area contributed by atoms with Crippen molar-refractivity contribution in [3.8, 4) is 11.6 Å². The Balaban J connectivity index is 2.51. The number of carbonyl (C=O) groups is 1. The Bertz CT molecular complexity index is 732. The lowest BCUT2D eigenvalue weighted by atomic mass is 10.2. The summed E-state index contributed by atoms with van der Waals surface area (Å²) in [7, 11) is 0. The molecule has 108 valence electrons. The molecule has 0 aliphatic rings. The summed E-state index contributed by atoms with van der Waals surface area (Å²) < 4.78 is 6.07. The molecule has 0 unspecified atom stereocenters. The topological polar surface area (TPSA) is 103 Å². The van der Waals surface area contributed by atoms with E-state index in [9.17, 15) is 14.9 Å². The molecule has 0 saturated carbocycles. The number of hydrogen-bond acceptors (Lipinski definition) is 5. The largest absolute Gasteiger partial charge is 0.478 e. The highest BCUT2D eigenvalue weighted by molar-refractivity contribution is 14.1. The van der Waals surface area contributed by atoms with Gasteiger partial charge in [-0.25, -0.2) is 9.78 Å². The molecule has 0 aliphatic heterocycles. The molecular formula is C13H9IN2O5. The molecule has 1 heterocycles. The van der Waals surface area contributed by atoms with Crippen LogP contribution < -0.4 is 4.74 Å². The van der Waals surface area contributed by atoms with Crippen molar-refractivity contribution >= 4 is 34.2 Å². The van der Waals surface area contributed by atoms with Crippen molar-refractivity contribution in [3.63, 3.8) is 0 Å². The molecule has 0 aliphatic carbocycles. The molecule has 8 heteroatoms. The van der Waals surface area contributed by atoms with Gasteiger partial charge in [0.15, 0.2) is 0 Å². The van der Waals surface area contributed by atoms with Gasteiger partial charge in [-0.15, -0.1) is 0 Å². The van der Waals surface area contributed by atoms with Gasteiger partial charge in [0.05, 0.1) is 4.92 Å². The monoisotopic (exact) mass is 400 g/mol. The number of aryl methyl sites for hydroxylation is 1. The molecule has 1 N–H and O–H groups in total. The van der Waals surface area contributed by atoms with Gasteiger partial charge in [0.25, 0.3) is 5.88 Å². The van der Waals surface area contributed by atoms with Gasteiger partial charge in [-0.2, -0.15) is 0 Å². The van der Waals surface area contributed by atoms with E-state index < -0.39 is 10.9 Å². The van der Waals surface area contributed by atoms with E-state index in [2.05, 4.69) is 4.98 Å². The van der Waals surface area contributed by atoms with E-state index in [1.165, 1.54) is 24.4 Å². The molecule has 1 aromatic carbocycles. The third kappa shape index (κ3) is 3.27. The van der Waals surface area contributed by atoms with E-state index in [0.29, 0.717) is 9.13 Å². The van der Waals surface area contributed by atoms with Crippen molar-refractivity contribution in [2.75, 3.05) is 0 Å². The average molecular weight is 400 g/mol. The summed E-state index contributed by atoms with van der Waals surface area (Å²) in [5.74, 6) is -1.41. The maximum atomic E-state index is 11.2. The van der Waals surface area contributed by atoms with Crippen LogP contribution in [0.25, 0.3) is 0 Å². The van der Waals surface area contributed by atoms with Gasteiger partial charge in [-0.1, -0.05) is 0 Å². The van der Waals surface area contributed by atoms with Crippen LogP contribution in [0.2, 0.25) is 0 Å². The van der Waals surface area contributed by atoms with Gasteiger partial charge in [-0.3, -0.25) is 10.1 Å². The summed E-state index contributed by atoms with van der Waals surface area (Å²) in [6, 6.07) is 5.99. The summed E-state index contributed by atoms with van der Waals surface area (Å²) in [5, 5.41) is 20.2.